The highest BCUT2D eigenvalue weighted by atomic mass is 35.5. The number of nitrogens with zero attached hydrogens (tertiary/aromatic N) is 2. The van der Waals surface area contributed by atoms with Gasteiger partial charge >= 0.3 is 0 Å². The zero-order valence-corrected chi connectivity index (χ0v) is 19.9. The van der Waals surface area contributed by atoms with Crippen LogP contribution in [0.5, 0.6) is 5.75 Å². The number of rotatable bonds is 7. The van der Waals surface area contributed by atoms with Crippen LogP contribution in [0.15, 0.2) is 48.0 Å². The maximum Gasteiger partial charge on any atom is 0.295 e. The second-order valence-electron chi connectivity index (χ2n) is 8.53. The van der Waals surface area contributed by atoms with Gasteiger partial charge in [-0.1, -0.05) is 37.6 Å². The minimum atomic E-state index is -0.679. The smallest absolute Gasteiger partial charge is 0.295 e. The molecule has 0 bridgehead atoms. The SMILES string of the molecule is CCN(CC)CCN1C(=O)C(=O)C(=C(O)c2ccc3c(c2)CC(C)O3)C1c1ccc(Cl)cc1. The molecule has 6 nitrogen and oxygen atoms in total. The van der Waals surface area contributed by atoms with Gasteiger partial charge in [0.05, 0.1) is 11.6 Å². The quantitative estimate of drug-likeness (QED) is 0.370. The zero-order chi connectivity index (χ0) is 23.7. The molecule has 2 atom stereocenters. The molecule has 2 aromatic carbocycles. The van der Waals surface area contributed by atoms with Crippen LogP contribution in [0.4, 0.5) is 0 Å². The van der Waals surface area contributed by atoms with Crippen molar-refractivity contribution in [2.45, 2.75) is 39.3 Å². The number of benzene rings is 2. The lowest BCUT2D eigenvalue weighted by atomic mass is 9.94. The van der Waals surface area contributed by atoms with Crippen molar-refractivity contribution in [1.29, 1.82) is 0 Å². The molecule has 2 heterocycles. The molecule has 0 aromatic heterocycles. The maximum atomic E-state index is 13.2. The van der Waals surface area contributed by atoms with Crippen LogP contribution >= 0.6 is 11.6 Å². The minimum Gasteiger partial charge on any atom is -0.507 e. The standard InChI is InChI=1S/C26H29ClN2O4/c1-4-28(5-2)12-13-29-23(17-6-9-20(27)10-7-17)22(25(31)26(29)32)24(30)18-8-11-21-19(15-18)14-16(3)33-21/h6-11,15-16,23,30H,4-5,12-14H2,1-3H3. The average molecular weight is 469 g/mol. The van der Waals surface area contributed by atoms with E-state index in [0.717, 1.165) is 36.4 Å². The number of ether oxygens (including phenoxy) is 1. The highest BCUT2D eigenvalue weighted by Crippen LogP contribution is 2.40. The Balaban J connectivity index is 1.77. The van der Waals surface area contributed by atoms with E-state index in [0.29, 0.717) is 23.7 Å². The van der Waals surface area contributed by atoms with Crippen LogP contribution in [0, 0.1) is 0 Å². The van der Waals surface area contributed by atoms with E-state index in [-0.39, 0.29) is 17.4 Å². The normalized spacial score (nSPS) is 21.5. The number of amides is 1. The molecular weight excluding hydrogens is 440 g/mol. The molecule has 1 fully saturated rings. The fraction of sp³-hybridized carbons (Fsp3) is 0.385. The molecule has 1 saturated heterocycles. The molecule has 33 heavy (non-hydrogen) atoms. The Labute approximate surface area is 199 Å². The van der Waals surface area contributed by atoms with E-state index in [1.807, 2.05) is 19.1 Å². The van der Waals surface area contributed by atoms with Crippen molar-refractivity contribution in [3.05, 3.63) is 69.8 Å². The number of fused-ring (bicyclic) bond motifs is 1. The largest absolute Gasteiger partial charge is 0.507 e. The summed E-state index contributed by atoms with van der Waals surface area (Å²) in [4.78, 5) is 30.0. The van der Waals surface area contributed by atoms with Gasteiger partial charge in [-0.25, -0.2) is 0 Å². The third-order valence-corrected chi connectivity index (χ3v) is 6.70. The number of hydrogen-bond acceptors (Lipinski definition) is 5. The summed E-state index contributed by atoms with van der Waals surface area (Å²) in [5, 5.41) is 11.8. The van der Waals surface area contributed by atoms with Crippen LogP contribution in [0.1, 0.15) is 43.5 Å². The molecule has 7 heteroatoms. The lowest BCUT2D eigenvalue weighted by Gasteiger charge is -2.28. The Kier molecular flexibility index (Phi) is 6.77. The van der Waals surface area contributed by atoms with E-state index in [1.54, 1.807) is 35.2 Å². The van der Waals surface area contributed by atoms with Crippen LogP contribution in [0.2, 0.25) is 5.02 Å². The second kappa shape index (κ2) is 9.57. The maximum absolute atomic E-state index is 13.2. The van der Waals surface area contributed by atoms with E-state index in [9.17, 15) is 14.7 Å². The molecule has 2 unspecified atom stereocenters. The van der Waals surface area contributed by atoms with E-state index < -0.39 is 17.7 Å². The predicted octanol–water partition coefficient (Wildman–Crippen LogP) is 4.43. The minimum absolute atomic E-state index is 0.0668. The molecule has 2 aromatic rings. The lowest BCUT2D eigenvalue weighted by Crippen LogP contribution is -2.38. The molecule has 2 aliphatic rings. The van der Waals surface area contributed by atoms with Crippen molar-refractivity contribution in [1.82, 2.24) is 9.80 Å². The first kappa shape index (κ1) is 23.3. The Bertz CT molecular complexity index is 1090. The van der Waals surface area contributed by atoms with Crippen LogP contribution in [-0.2, 0) is 16.0 Å². The third kappa shape index (κ3) is 4.50. The summed E-state index contributed by atoms with van der Waals surface area (Å²) in [6, 6.07) is 11.8. The molecule has 0 spiro atoms. The van der Waals surface area contributed by atoms with Crippen molar-refractivity contribution in [2.75, 3.05) is 26.2 Å². The Morgan fingerprint density at radius 2 is 1.85 bits per heavy atom. The highest BCUT2D eigenvalue weighted by Gasteiger charge is 2.46. The number of carbonyl (C=O) groups excluding carboxylic acids is 2. The Morgan fingerprint density at radius 1 is 1.15 bits per heavy atom. The van der Waals surface area contributed by atoms with Gasteiger partial charge in [-0.3, -0.25) is 9.59 Å². The van der Waals surface area contributed by atoms with E-state index >= 15 is 0 Å². The van der Waals surface area contributed by atoms with Crippen molar-refractivity contribution < 1.29 is 19.4 Å². The molecule has 1 amide bonds. The number of aliphatic hydroxyl groups excluding tert-OH is 1. The van der Waals surface area contributed by atoms with Crippen molar-refractivity contribution in [2.24, 2.45) is 0 Å². The van der Waals surface area contributed by atoms with Gasteiger partial charge in [-0.05, 0) is 61.5 Å². The number of hydrogen-bond donors (Lipinski definition) is 1. The van der Waals surface area contributed by atoms with Gasteiger partial charge in [-0.2, -0.15) is 0 Å². The topological polar surface area (TPSA) is 70.1 Å². The molecule has 0 saturated carbocycles. The van der Waals surface area contributed by atoms with Gasteiger partial charge in [0.2, 0.25) is 0 Å². The second-order valence-corrected chi connectivity index (χ2v) is 8.96. The summed E-state index contributed by atoms with van der Waals surface area (Å²) in [5.74, 6) is -0.646. The number of aliphatic hydroxyl groups is 1. The van der Waals surface area contributed by atoms with Crippen LogP contribution < -0.4 is 4.74 Å². The summed E-state index contributed by atoms with van der Waals surface area (Å²) < 4.78 is 5.76. The molecule has 0 aliphatic carbocycles. The zero-order valence-electron chi connectivity index (χ0n) is 19.2. The summed E-state index contributed by atoms with van der Waals surface area (Å²) in [6.07, 6.45) is 0.798. The molecule has 0 radical (unpaired) electrons. The molecule has 174 valence electrons. The number of carbonyl (C=O) groups is 2. The molecule has 1 N–H and O–H groups in total. The van der Waals surface area contributed by atoms with Crippen molar-refractivity contribution >= 4 is 29.1 Å². The third-order valence-electron chi connectivity index (χ3n) is 6.45. The number of ketones is 1. The van der Waals surface area contributed by atoms with Crippen LogP contribution in [0.3, 0.4) is 0 Å². The van der Waals surface area contributed by atoms with Crippen molar-refractivity contribution in [3.8, 4) is 5.75 Å². The first-order valence-electron chi connectivity index (χ1n) is 11.4. The van der Waals surface area contributed by atoms with Crippen LogP contribution in [0.25, 0.3) is 5.76 Å². The molecule has 2 aliphatic heterocycles. The van der Waals surface area contributed by atoms with E-state index in [1.165, 1.54) is 0 Å². The summed E-state index contributed by atoms with van der Waals surface area (Å²) >= 11 is 6.09. The molecular formula is C26H29ClN2O4. The summed E-state index contributed by atoms with van der Waals surface area (Å²) in [7, 11) is 0. The molecule has 4 rings (SSSR count). The van der Waals surface area contributed by atoms with Gasteiger partial charge in [0.25, 0.3) is 11.7 Å². The van der Waals surface area contributed by atoms with E-state index in [4.69, 9.17) is 16.3 Å². The first-order chi connectivity index (χ1) is 15.8. The number of Topliss-reactive ketones (excluding diaryl/α,β-unsaturated/α-hetero) is 1. The van der Waals surface area contributed by atoms with Gasteiger partial charge < -0.3 is 19.6 Å². The summed E-state index contributed by atoms with van der Waals surface area (Å²) in [6.45, 7) is 8.83. The Hall–Kier alpha value is -2.83. The van der Waals surface area contributed by atoms with Gasteiger partial charge in [-0.15, -0.1) is 0 Å². The predicted molar refractivity (Wildman–Crippen MR) is 128 cm³/mol. The van der Waals surface area contributed by atoms with Crippen LogP contribution in [-0.4, -0.2) is 58.9 Å². The summed E-state index contributed by atoms with van der Waals surface area (Å²) in [5.41, 5.74) is 2.32. The van der Waals surface area contributed by atoms with Gasteiger partial charge in [0.15, 0.2) is 0 Å². The monoisotopic (exact) mass is 468 g/mol. The fourth-order valence-corrected chi connectivity index (χ4v) is 4.74. The first-order valence-corrected chi connectivity index (χ1v) is 11.8. The highest BCUT2D eigenvalue weighted by molar-refractivity contribution is 6.46. The average Bonchev–Trinajstić information content (AvgIpc) is 3.30. The number of halogens is 1. The van der Waals surface area contributed by atoms with Gasteiger partial charge in [0, 0.05) is 30.1 Å². The van der Waals surface area contributed by atoms with Gasteiger partial charge in [0.1, 0.15) is 17.6 Å². The van der Waals surface area contributed by atoms with E-state index in [2.05, 4.69) is 18.7 Å². The number of likely N-dealkylation sites (tertiary alicyclic amines) is 1. The number of likely N-dealkylation sites (N-methyl/N-ethyl adjacent to an activating group) is 1. The van der Waals surface area contributed by atoms with Crippen molar-refractivity contribution in [3.63, 3.8) is 0 Å². The lowest BCUT2D eigenvalue weighted by molar-refractivity contribution is -0.140. The Morgan fingerprint density at radius 3 is 2.52 bits per heavy atom. The fourth-order valence-electron chi connectivity index (χ4n) is 4.62.